The summed E-state index contributed by atoms with van der Waals surface area (Å²) in [7, 11) is 0. The number of rotatable bonds is 0. The fraction of sp³-hybridized carbons (Fsp3) is 0.200. The van der Waals surface area contributed by atoms with Gasteiger partial charge in [-0.25, -0.2) is 0 Å². The topological polar surface area (TPSA) is 0 Å². The van der Waals surface area contributed by atoms with E-state index in [0.29, 0.717) is 0 Å². The predicted octanol–water partition coefficient (Wildman–Crippen LogP) is 4.19. The van der Waals surface area contributed by atoms with E-state index < -0.39 is 0 Å². The molecule has 0 spiro atoms. The first kappa shape index (κ1) is 8.72. The van der Waals surface area contributed by atoms with Crippen LogP contribution in [0.25, 0.3) is 16.8 Å². The van der Waals surface area contributed by atoms with Crippen molar-refractivity contribution in [3.63, 3.8) is 0 Å². The predicted molar refractivity (Wildman–Crippen MR) is 65.9 cm³/mol. The molecule has 0 N–H and O–H groups in total. The largest absolute Gasteiger partial charge is 0.0724 e. The van der Waals surface area contributed by atoms with Gasteiger partial charge in [0.15, 0.2) is 0 Å². The average Bonchev–Trinajstić information content (AvgIpc) is 2.28. The Morgan fingerprint density at radius 2 is 1.80 bits per heavy atom. The molecule has 2 aromatic carbocycles. The second-order valence-electron chi connectivity index (χ2n) is 4.35. The Morgan fingerprint density at radius 3 is 2.73 bits per heavy atom. The number of hydrogen-bond donors (Lipinski definition) is 0. The fourth-order valence-electron chi connectivity index (χ4n) is 2.43. The van der Waals surface area contributed by atoms with Gasteiger partial charge in [0.1, 0.15) is 0 Å². The Morgan fingerprint density at radius 1 is 0.933 bits per heavy atom. The molecule has 0 heterocycles. The van der Waals surface area contributed by atoms with Gasteiger partial charge in [-0.15, -0.1) is 0 Å². The van der Waals surface area contributed by atoms with Crippen LogP contribution in [0, 0.1) is 0 Å². The van der Waals surface area contributed by atoms with Crippen molar-refractivity contribution in [3.05, 3.63) is 53.1 Å². The minimum absolute atomic E-state index is 1.19. The number of benzene rings is 2. The molecule has 0 unspecified atom stereocenters. The monoisotopic (exact) mass is 194 g/mol. The summed E-state index contributed by atoms with van der Waals surface area (Å²) >= 11 is 0. The Labute approximate surface area is 90.2 Å². The summed E-state index contributed by atoms with van der Waals surface area (Å²) in [5.74, 6) is 0. The van der Waals surface area contributed by atoms with Crippen LogP contribution in [-0.2, 0) is 6.42 Å². The van der Waals surface area contributed by atoms with E-state index in [1.165, 1.54) is 40.3 Å². The van der Waals surface area contributed by atoms with Crippen LogP contribution >= 0.6 is 0 Å². The molecule has 0 saturated carbocycles. The summed E-state index contributed by atoms with van der Waals surface area (Å²) in [5, 5.41) is 2.79. The molecule has 0 atom stereocenters. The number of allylic oxidation sites excluding steroid dienone is 1. The highest BCUT2D eigenvalue weighted by Gasteiger charge is 2.10. The van der Waals surface area contributed by atoms with Crippen LogP contribution in [0.3, 0.4) is 0 Å². The van der Waals surface area contributed by atoms with Gasteiger partial charge >= 0.3 is 0 Å². The zero-order valence-electron chi connectivity index (χ0n) is 8.96. The second kappa shape index (κ2) is 3.23. The molecule has 0 amide bonds. The van der Waals surface area contributed by atoms with Crippen molar-refractivity contribution in [1.82, 2.24) is 0 Å². The Balaban J connectivity index is 2.35. The molecule has 1 aliphatic carbocycles. The lowest BCUT2D eigenvalue weighted by molar-refractivity contribution is 0.936. The highest BCUT2D eigenvalue weighted by Crippen LogP contribution is 2.29. The van der Waals surface area contributed by atoms with Crippen LogP contribution in [0.5, 0.6) is 0 Å². The second-order valence-corrected chi connectivity index (χ2v) is 4.35. The number of hydrogen-bond acceptors (Lipinski definition) is 0. The lowest BCUT2D eigenvalue weighted by Crippen LogP contribution is -1.98. The first-order valence-electron chi connectivity index (χ1n) is 5.52. The Hall–Kier alpha value is -1.56. The van der Waals surface area contributed by atoms with Crippen LogP contribution < -0.4 is 0 Å². The maximum atomic E-state index is 2.32. The van der Waals surface area contributed by atoms with E-state index >= 15 is 0 Å². The molecule has 74 valence electrons. The lowest BCUT2D eigenvalue weighted by Gasteiger charge is -2.16. The number of aryl methyl sites for hydroxylation is 1. The maximum absolute atomic E-state index is 2.32. The van der Waals surface area contributed by atoms with E-state index in [4.69, 9.17) is 0 Å². The van der Waals surface area contributed by atoms with E-state index in [0.717, 1.165) is 0 Å². The summed E-state index contributed by atoms with van der Waals surface area (Å²) < 4.78 is 0. The van der Waals surface area contributed by atoms with Crippen molar-refractivity contribution in [2.45, 2.75) is 19.8 Å². The van der Waals surface area contributed by atoms with Crippen molar-refractivity contribution >= 4 is 16.8 Å². The molecule has 3 rings (SSSR count). The molecular formula is C15H14. The molecule has 0 radical (unpaired) electrons. The molecular weight excluding hydrogens is 180 g/mol. The minimum Gasteiger partial charge on any atom is -0.0724 e. The first-order chi connectivity index (χ1) is 7.34. The zero-order chi connectivity index (χ0) is 10.3. The van der Waals surface area contributed by atoms with E-state index in [2.05, 4.69) is 49.4 Å². The highest BCUT2D eigenvalue weighted by molar-refractivity contribution is 5.89. The summed E-state index contributed by atoms with van der Waals surface area (Å²) in [6, 6.07) is 13.2. The normalized spacial score (nSPS) is 14.9. The summed E-state index contributed by atoms with van der Waals surface area (Å²) in [4.78, 5) is 0. The van der Waals surface area contributed by atoms with Crippen molar-refractivity contribution in [2.75, 3.05) is 0 Å². The van der Waals surface area contributed by atoms with Crippen LogP contribution in [0.2, 0.25) is 0 Å². The zero-order valence-corrected chi connectivity index (χ0v) is 8.96. The molecule has 0 fully saturated rings. The Bertz CT molecular complexity index is 547. The van der Waals surface area contributed by atoms with E-state index in [-0.39, 0.29) is 0 Å². The SMILES string of the molecule is CC1=Cc2ccc3ccccc3c2CC1. The smallest absolute Gasteiger partial charge is 0.0146 e. The molecule has 2 aromatic rings. The van der Waals surface area contributed by atoms with Gasteiger partial charge in [0.05, 0.1) is 0 Å². The molecule has 0 bridgehead atoms. The van der Waals surface area contributed by atoms with Crippen molar-refractivity contribution < 1.29 is 0 Å². The van der Waals surface area contributed by atoms with E-state index in [1.807, 2.05) is 0 Å². The minimum atomic E-state index is 1.19. The van der Waals surface area contributed by atoms with Gasteiger partial charge in [0.2, 0.25) is 0 Å². The van der Waals surface area contributed by atoms with Crippen LogP contribution in [0.4, 0.5) is 0 Å². The van der Waals surface area contributed by atoms with E-state index in [1.54, 1.807) is 0 Å². The van der Waals surface area contributed by atoms with Gasteiger partial charge in [-0.3, -0.25) is 0 Å². The third-order valence-corrected chi connectivity index (χ3v) is 3.25. The van der Waals surface area contributed by atoms with Gasteiger partial charge in [-0.05, 0) is 41.7 Å². The quantitative estimate of drug-likeness (QED) is 0.590. The highest BCUT2D eigenvalue weighted by atomic mass is 14.1. The van der Waals surface area contributed by atoms with Gasteiger partial charge < -0.3 is 0 Å². The molecule has 0 heteroatoms. The van der Waals surface area contributed by atoms with Gasteiger partial charge in [-0.1, -0.05) is 48.0 Å². The summed E-state index contributed by atoms with van der Waals surface area (Å²) in [6.07, 6.45) is 4.73. The standard InChI is InChI=1S/C15H14/c1-11-6-9-15-13(10-11)8-7-12-4-2-3-5-14(12)15/h2-5,7-8,10H,6,9H2,1H3. The molecule has 1 aliphatic rings. The molecule has 0 nitrogen and oxygen atoms in total. The maximum Gasteiger partial charge on any atom is -0.0146 e. The van der Waals surface area contributed by atoms with Gasteiger partial charge in [-0.2, -0.15) is 0 Å². The van der Waals surface area contributed by atoms with Crippen LogP contribution in [0.15, 0.2) is 42.0 Å². The van der Waals surface area contributed by atoms with Crippen molar-refractivity contribution in [2.24, 2.45) is 0 Å². The Kier molecular flexibility index (Phi) is 1.88. The molecule has 0 saturated heterocycles. The average molecular weight is 194 g/mol. The fourth-order valence-corrected chi connectivity index (χ4v) is 2.43. The summed E-state index contributed by atoms with van der Waals surface area (Å²) in [5.41, 5.74) is 4.44. The van der Waals surface area contributed by atoms with Crippen LogP contribution in [-0.4, -0.2) is 0 Å². The van der Waals surface area contributed by atoms with Gasteiger partial charge in [0.25, 0.3) is 0 Å². The summed E-state index contributed by atoms with van der Waals surface area (Å²) in [6.45, 7) is 2.22. The van der Waals surface area contributed by atoms with Crippen molar-refractivity contribution in [3.8, 4) is 0 Å². The third kappa shape index (κ3) is 1.37. The number of fused-ring (bicyclic) bond motifs is 3. The van der Waals surface area contributed by atoms with Crippen molar-refractivity contribution in [1.29, 1.82) is 0 Å². The molecule has 15 heavy (non-hydrogen) atoms. The third-order valence-electron chi connectivity index (χ3n) is 3.25. The molecule has 0 aliphatic heterocycles. The molecule has 0 aromatic heterocycles. The van der Waals surface area contributed by atoms with Gasteiger partial charge in [0, 0.05) is 0 Å². The lowest BCUT2D eigenvalue weighted by atomic mass is 9.89. The van der Waals surface area contributed by atoms with E-state index in [9.17, 15) is 0 Å². The van der Waals surface area contributed by atoms with Crippen LogP contribution in [0.1, 0.15) is 24.5 Å². The first-order valence-corrected chi connectivity index (χ1v) is 5.52.